The Bertz CT molecular complexity index is 1430. The number of nitrogens with zero attached hydrogens (tertiary/aromatic N) is 3. The van der Waals surface area contributed by atoms with Crippen molar-refractivity contribution in [1.29, 1.82) is 0 Å². The number of hydrogen-bond donors (Lipinski definition) is 1. The second-order valence-electron chi connectivity index (χ2n) is 9.16. The Balaban J connectivity index is -0.000000647. The number of carboxylic acids is 1. The van der Waals surface area contributed by atoms with Crippen molar-refractivity contribution in [3.8, 4) is 17.6 Å². The van der Waals surface area contributed by atoms with Crippen LogP contribution in [0.5, 0.6) is 17.6 Å². The van der Waals surface area contributed by atoms with Crippen LogP contribution in [-0.4, -0.2) is 103 Å². The van der Waals surface area contributed by atoms with Crippen molar-refractivity contribution >= 4 is 45.8 Å². The van der Waals surface area contributed by atoms with Crippen LogP contribution in [0.2, 0.25) is 0 Å². The molecule has 0 aliphatic carbocycles. The van der Waals surface area contributed by atoms with Crippen molar-refractivity contribution in [1.82, 2.24) is 15.0 Å². The maximum atomic E-state index is 11.8. The fourth-order valence-corrected chi connectivity index (χ4v) is 3.57. The Kier molecular flexibility index (Phi) is 32.3. The number of aromatic nitrogens is 3. The van der Waals surface area contributed by atoms with Crippen LogP contribution in [0.3, 0.4) is 0 Å². The van der Waals surface area contributed by atoms with Gasteiger partial charge in [0.25, 0.3) is 0 Å². The van der Waals surface area contributed by atoms with E-state index in [1.807, 2.05) is 6.07 Å². The summed E-state index contributed by atoms with van der Waals surface area (Å²) < 4.78 is 34.3. The smallest absolute Gasteiger partial charge is 0.870 e. The molecule has 2 N–H and O–H groups in total. The number of aliphatic carboxylic acids is 1. The molecule has 0 bridgehead atoms. The minimum absolute atomic E-state index is 0. The Hall–Kier alpha value is -4.36. The van der Waals surface area contributed by atoms with E-state index in [9.17, 15) is 24.0 Å². The molecule has 0 saturated carbocycles. The van der Waals surface area contributed by atoms with E-state index in [1.165, 1.54) is 26.6 Å². The van der Waals surface area contributed by atoms with Gasteiger partial charge in [-0.2, -0.15) is 0 Å². The molecule has 0 aromatic carbocycles. The summed E-state index contributed by atoms with van der Waals surface area (Å²) in [5.74, 6) is -2.81. The van der Waals surface area contributed by atoms with Gasteiger partial charge in [-0.05, 0) is 60.8 Å². The third-order valence-electron chi connectivity index (χ3n) is 5.52. The van der Waals surface area contributed by atoms with E-state index in [2.05, 4.69) is 40.4 Å². The molecule has 0 aliphatic rings. The molecular formula is C34H45BrN3NaO14. The summed E-state index contributed by atoms with van der Waals surface area (Å²) in [6.07, 6.45) is 4.29. The number of esters is 4. The van der Waals surface area contributed by atoms with E-state index >= 15 is 0 Å². The Morgan fingerprint density at radius 2 is 1.06 bits per heavy atom. The van der Waals surface area contributed by atoms with Crippen molar-refractivity contribution in [2.75, 3.05) is 47.8 Å². The van der Waals surface area contributed by atoms with Crippen LogP contribution < -0.4 is 43.8 Å². The first-order valence-electron chi connectivity index (χ1n) is 15.4. The molecule has 0 amide bonds. The van der Waals surface area contributed by atoms with Gasteiger partial charge in [-0.1, -0.05) is 12.1 Å². The molecule has 3 heterocycles. The van der Waals surface area contributed by atoms with Crippen LogP contribution in [0, 0.1) is 0 Å². The van der Waals surface area contributed by atoms with Crippen molar-refractivity contribution in [3.05, 3.63) is 70.6 Å². The van der Waals surface area contributed by atoms with E-state index in [4.69, 9.17) is 28.8 Å². The summed E-state index contributed by atoms with van der Waals surface area (Å²) in [4.78, 5) is 66.9. The third kappa shape index (κ3) is 24.5. The first-order valence-corrected chi connectivity index (χ1v) is 16.2. The number of rotatable bonds is 14. The van der Waals surface area contributed by atoms with Crippen LogP contribution in [-0.2, 0) is 49.3 Å². The molecule has 3 rings (SSSR count). The Morgan fingerprint density at radius 3 is 1.38 bits per heavy atom. The van der Waals surface area contributed by atoms with Crippen molar-refractivity contribution in [3.63, 3.8) is 0 Å². The van der Waals surface area contributed by atoms with Crippen LogP contribution >= 0.6 is 15.9 Å². The molecule has 53 heavy (non-hydrogen) atoms. The molecule has 3 aromatic rings. The summed E-state index contributed by atoms with van der Waals surface area (Å²) >= 11 is 3.26. The van der Waals surface area contributed by atoms with Gasteiger partial charge in [0, 0.05) is 41.3 Å². The fourth-order valence-electron chi connectivity index (χ4n) is 3.34. The summed E-state index contributed by atoms with van der Waals surface area (Å²) in [6.45, 7) is 7.68. The maximum Gasteiger partial charge on any atom is 1.00 e. The Labute approximate surface area is 338 Å². The van der Waals surface area contributed by atoms with Gasteiger partial charge in [0.05, 0.1) is 54.2 Å². The number of halogens is 1. The second-order valence-corrected chi connectivity index (χ2v) is 10.1. The molecule has 0 radical (unpaired) electrons. The molecule has 0 atom stereocenters. The van der Waals surface area contributed by atoms with Crippen LogP contribution in [0.25, 0.3) is 0 Å². The van der Waals surface area contributed by atoms with Gasteiger partial charge in [-0.3, -0.25) is 24.0 Å². The van der Waals surface area contributed by atoms with E-state index in [0.717, 1.165) is 4.47 Å². The zero-order valence-electron chi connectivity index (χ0n) is 31.0. The molecular weight excluding hydrogens is 777 g/mol. The van der Waals surface area contributed by atoms with Crippen LogP contribution in [0.1, 0.15) is 51.2 Å². The molecule has 0 spiro atoms. The van der Waals surface area contributed by atoms with Crippen molar-refractivity contribution < 1.29 is 97.3 Å². The van der Waals surface area contributed by atoms with Gasteiger partial charge in [-0.25, -0.2) is 15.0 Å². The van der Waals surface area contributed by atoms with Crippen molar-refractivity contribution in [2.45, 2.75) is 46.5 Å². The SMILES string of the molecule is CCOC(=O)C(C(=O)OCC)c1ccc(OC)nc1.CCOC(=O)CC(=O)OCC.COc1ccc(Br)cn1.COc1ccc(CC(=O)O)cn1.[Na+].[OH-]. The van der Waals surface area contributed by atoms with Crippen LogP contribution in [0.15, 0.2) is 59.5 Å². The topological polar surface area (TPSA) is 239 Å². The third-order valence-corrected chi connectivity index (χ3v) is 5.99. The predicted molar refractivity (Wildman–Crippen MR) is 187 cm³/mol. The minimum Gasteiger partial charge on any atom is -0.870 e. The zero-order valence-corrected chi connectivity index (χ0v) is 34.6. The minimum atomic E-state index is -1.11. The predicted octanol–water partition coefficient (Wildman–Crippen LogP) is 1.20. The van der Waals surface area contributed by atoms with Gasteiger partial charge >= 0.3 is 59.4 Å². The first kappa shape index (κ1) is 53.0. The molecule has 288 valence electrons. The molecule has 0 unspecified atom stereocenters. The van der Waals surface area contributed by atoms with Gasteiger partial charge in [0.2, 0.25) is 17.6 Å². The van der Waals surface area contributed by atoms with E-state index in [-0.39, 0.29) is 74.3 Å². The number of carboxylic acid groups (broad SMARTS) is 1. The zero-order chi connectivity index (χ0) is 38.6. The summed E-state index contributed by atoms with van der Waals surface area (Å²) in [7, 11) is 4.59. The van der Waals surface area contributed by atoms with Gasteiger partial charge in [-0.15, -0.1) is 0 Å². The molecule has 3 aromatic heterocycles. The molecule has 0 fully saturated rings. The summed E-state index contributed by atoms with van der Waals surface area (Å²) in [6, 6.07) is 10.2. The average molecular weight is 823 g/mol. The van der Waals surface area contributed by atoms with Crippen molar-refractivity contribution in [2.24, 2.45) is 0 Å². The number of carbonyl (C=O) groups excluding carboxylic acids is 4. The van der Waals surface area contributed by atoms with E-state index in [0.29, 0.717) is 28.8 Å². The monoisotopic (exact) mass is 821 g/mol. The number of pyridine rings is 3. The molecule has 19 heteroatoms. The average Bonchev–Trinajstić information content (AvgIpc) is 3.10. The van der Waals surface area contributed by atoms with E-state index < -0.39 is 35.8 Å². The van der Waals surface area contributed by atoms with Gasteiger partial charge in [0.15, 0.2) is 5.92 Å². The van der Waals surface area contributed by atoms with Crippen LogP contribution in [0.4, 0.5) is 0 Å². The molecule has 0 aliphatic heterocycles. The maximum absolute atomic E-state index is 11.8. The standard InChI is InChI=1S/C13H17NO5.C8H9NO3.C7H12O4.C6H6BrNO.Na.H2O/c1-4-18-12(15)11(13(16)19-5-2)9-6-7-10(17-3)14-8-9;1-12-7-3-2-6(5-9-7)4-8(10)11;1-3-10-6(8)5-7(9)11-4-2;1-9-6-3-2-5(7)4-8-6;;/h6-8,11H,4-5H2,1-3H3;2-3,5H,4H2,1H3,(H,10,11);3-5H2,1-2H3;2-4H,1H3;;1H2/q;;;;+1;/p-1. The fraction of sp³-hybridized carbons (Fsp3) is 0.412. The quantitative estimate of drug-likeness (QED) is 0.104. The number of ether oxygens (including phenoxy) is 7. The number of methoxy groups -OCH3 is 3. The van der Waals surface area contributed by atoms with E-state index in [1.54, 1.807) is 71.3 Å². The molecule has 17 nitrogen and oxygen atoms in total. The number of carbonyl (C=O) groups is 5. The number of hydrogen-bond acceptors (Lipinski definition) is 16. The van der Waals surface area contributed by atoms with Gasteiger partial charge < -0.3 is 43.7 Å². The normalized spacial score (nSPS) is 9.15. The first-order chi connectivity index (χ1) is 24.4. The Morgan fingerprint density at radius 1 is 0.642 bits per heavy atom. The van der Waals surface area contributed by atoms with Gasteiger partial charge in [0.1, 0.15) is 6.42 Å². The summed E-state index contributed by atoms with van der Waals surface area (Å²) in [5, 5.41) is 8.43. The second kappa shape index (κ2) is 32.3. The summed E-state index contributed by atoms with van der Waals surface area (Å²) in [5.41, 5.74) is 1.08. The largest absolute Gasteiger partial charge is 1.00 e. The molecule has 0 saturated heterocycles.